The van der Waals surface area contributed by atoms with Crippen LogP contribution in [0.3, 0.4) is 0 Å². The third-order valence-electron chi connectivity index (χ3n) is 4.33. The Hall–Kier alpha value is -2.42. The van der Waals surface area contributed by atoms with Crippen LogP contribution in [0.2, 0.25) is 0 Å². The largest absolute Gasteiger partial charge is 0.357 e. The van der Waals surface area contributed by atoms with E-state index in [4.69, 9.17) is 4.99 Å². The molecule has 6 nitrogen and oxygen atoms in total. The van der Waals surface area contributed by atoms with E-state index in [0.717, 1.165) is 36.9 Å². The van der Waals surface area contributed by atoms with Crippen molar-refractivity contribution in [3.63, 3.8) is 0 Å². The van der Waals surface area contributed by atoms with Gasteiger partial charge in [0.2, 0.25) is 0 Å². The predicted octanol–water partition coefficient (Wildman–Crippen LogP) is 3.80. The zero-order valence-electron chi connectivity index (χ0n) is 17.2. The lowest BCUT2D eigenvalue weighted by Crippen LogP contribution is -2.38. The third-order valence-corrected chi connectivity index (χ3v) is 4.33. The molecule has 3 aromatic rings. The van der Waals surface area contributed by atoms with Crippen LogP contribution >= 0.6 is 24.0 Å². The van der Waals surface area contributed by atoms with E-state index in [1.54, 1.807) is 18.7 Å². The van der Waals surface area contributed by atoms with Gasteiger partial charge in [0.15, 0.2) is 5.96 Å². The summed E-state index contributed by atoms with van der Waals surface area (Å²) in [7, 11) is 0. The molecule has 2 heterocycles. The average molecular weight is 504 g/mol. The molecule has 0 aliphatic heterocycles. The molecule has 2 N–H and O–H groups in total. The number of nitrogens with zero attached hydrogens (tertiary/aromatic N) is 4. The van der Waals surface area contributed by atoms with Crippen molar-refractivity contribution in [2.75, 3.05) is 13.1 Å². The van der Waals surface area contributed by atoms with Crippen molar-refractivity contribution in [3.8, 4) is 5.82 Å². The maximum absolute atomic E-state index is 4.71. The number of halogens is 1. The molecule has 0 unspecified atom stereocenters. The molecule has 154 valence electrons. The van der Waals surface area contributed by atoms with E-state index in [2.05, 4.69) is 59.6 Å². The van der Waals surface area contributed by atoms with Crippen LogP contribution in [0.1, 0.15) is 29.2 Å². The zero-order valence-corrected chi connectivity index (χ0v) is 19.6. The predicted molar refractivity (Wildman–Crippen MR) is 129 cm³/mol. The van der Waals surface area contributed by atoms with Gasteiger partial charge in [0, 0.05) is 31.7 Å². The Kier molecular flexibility index (Phi) is 9.11. The smallest absolute Gasteiger partial charge is 0.191 e. The van der Waals surface area contributed by atoms with Crippen molar-refractivity contribution >= 4 is 29.9 Å². The molecule has 0 spiro atoms. The highest BCUT2D eigenvalue weighted by Gasteiger charge is 2.02. The summed E-state index contributed by atoms with van der Waals surface area (Å²) in [4.78, 5) is 13.2. The first-order valence-corrected chi connectivity index (χ1v) is 9.66. The molecule has 0 aliphatic rings. The fourth-order valence-corrected chi connectivity index (χ4v) is 3.15. The molecular weight excluding hydrogens is 475 g/mol. The lowest BCUT2D eigenvalue weighted by Gasteiger charge is -2.12. The zero-order chi connectivity index (χ0) is 19.8. The number of nitrogens with one attached hydrogen (secondary N) is 2. The minimum Gasteiger partial charge on any atom is -0.357 e. The highest BCUT2D eigenvalue weighted by atomic mass is 127. The lowest BCUT2D eigenvalue weighted by atomic mass is 10.1. The lowest BCUT2D eigenvalue weighted by molar-refractivity contribution is 0.798. The van der Waals surface area contributed by atoms with E-state index >= 15 is 0 Å². The highest BCUT2D eigenvalue weighted by Crippen LogP contribution is 2.09. The Labute approximate surface area is 189 Å². The first kappa shape index (κ1) is 22.9. The van der Waals surface area contributed by atoms with Gasteiger partial charge in [-0.05, 0) is 50.5 Å². The van der Waals surface area contributed by atoms with E-state index in [1.807, 2.05) is 22.9 Å². The van der Waals surface area contributed by atoms with Gasteiger partial charge in [-0.15, -0.1) is 24.0 Å². The van der Waals surface area contributed by atoms with Gasteiger partial charge >= 0.3 is 0 Å². The Morgan fingerprint density at radius 2 is 1.83 bits per heavy atom. The monoisotopic (exact) mass is 504 g/mol. The molecule has 0 saturated heterocycles. The number of benzene rings is 1. The van der Waals surface area contributed by atoms with E-state index in [1.165, 1.54) is 16.7 Å². The first-order chi connectivity index (χ1) is 13.6. The number of guanidine groups is 1. The van der Waals surface area contributed by atoms with E-state index in [-0.39, 0.29) is 24.0 Å². The molecule has 0 aliphatic carbocycles. The minimum atomic E-state index is 0. The molecule has 0 bridgehead atoms. The number of pyridine rings is 1. The fourth-order valence-electron chi connectivity index (χ4n) is 3.15. The van der Waals surface area contributed by atoms with Gasteiger partial charge in [0.05, 0.1) is 6.54 Å². The summed E-state index contributed by atoms with van der Waals surface area (Å²) >= 11 is 0. The van der Waals surface area contributed by atoms with Crippen LogP contribution in [0, 0.1) is 13.8 Å². The van der Waals surface area contributed by atoms with Crippen molar-refractivity contribution in [1.29, 1.82) is 0 Å². The second-order valence-electron chi connectivity index (χ2n) is 6.86. The highest BCUT2D eigenvalue weighted by molar-refractivity contribution is 14.0. The van der Waals surface area contributed by atoms with Crippen molar-refractivity contribution in [3.05, 3.63) is 77.5 Å². The van der Waals surface area contributed by atoms with E-state index < -0.39 is 0 Å². The molecule has 0 fully saturated rings. The molecule has 7 heteroatoms. The molecule has 0 radical (unpaired) electrons. The average Bonchev–Trinajstić information content (AvgIpc) is 3.20. The molecule has 1 aromatic carbocycles. The van der Waals surface area contributed by atoms with Crippen LogP contribution in [-0.4, -0.2) is 33.6 Å². The molecule has 0 amide bonds. The number of rotatable bonds is 7. The van der Waals surface area contributed by atoms with Gasteiger partial charge in [0.1, 0.15) is 12.1 Å². The Morgan fingerprint density at radius 3 is 2.52 bits per heavy atom. The van der Waals surface area contributed by atoms with Crippen LogP contribution in [-0.2, 0) is 13.0 Å². The number of imidazole rings is 1. The van der Waals surface area contributed by atoms with E-state index in [0.29, 0.717) is 6.54 Å². The maximum atomic E-state index is 4.71. The molecule has 2 aromatic heterocycles. The Morgan fingerprint density at radius 1 is 1.03 bits per heavy atom. The number of aryl methyl sites for hydroxylation is 2. The molecule has 29 heavy (non-hydrogen) atoms. The maximum Gasteiger partial charge on any atom is 0.191 e. The topological polar surface area (TPSA) is 67.1 Å². The summed E-state index contributed by atoms with van der Waals surface area (Å²) in [6.07, 6.45) is 8.14. The molecule has 3 rings (SSSR count). The fraction of sp³-hybridized carbons (Fsp3) is 0.318. The van der Waals surface area contributed by atoms with Crippen molar-refractivity contribution in [2.45, 2.75) is 33.7 Å². The van der Waals surface area contributed by atoms with Gasteiger partial charge in [-0.2, -0.15) is 0 Å². The van der Waals surface area contributed by atoms with Gasteiger partial charge in [-0.25, -0.2) is 15.0 Å². The van der Waals surface area contributed by atoms with E-state index in [9.17, 15) is 0 Å². The third kappa shape index (κ3) is 7.16. The summed E-state index contributed by atoms with van der Waals surface area (Å²) < 4.78 is 1.89. The van der Waals surface area contributed by atoms with Gasteiger partial charge < -0.3 is 10.6 Å². The quantitative estimate of drug-likeness (QED) is 0.292. The minimum absolute atomic E-state index is 0. The van der Waals surface area contributed by atoms with Crippen LogP contribution < -0.4 is 10.6 Å². The summed E-state index contributed by atoms with van der Waals surface area (Å²) in [6, 6.07) is 10.7. The normalized spacial score (nSPS) is 11.1. The second-order valence-corrected chi connectivity index (χ2v) is 6.86. The van der Waals surface area contributed by atoms with Gasteiger partial charge in [0.25, 0.3) is 0 Å². The number of aromatic nitrogens is 3. The van der Waals surface area contributed by atoms with Crippen molar-refractivity contribution in [1.82, 2.24) is 25.2 Å². The van der Waals surface area contributed by atoms with Gasteiger partial charge in [-0.1, -0.05) is 29.3 Å². The summed E-state index contributed by atoms with van der Waals surface area (Å²) in [5.41, 5.74) is 5.06. The summed E-state index contributed by atoms with van der Waals surface area (Å²) in [6.45, 7) is 8.61. The Bertz CT molecular complexity index is 901. The second kappa shape index (κ2) is 11.5. The SMILES string of the molecule is CCNC(=NCc1ccnc(-n2ccnc2)c1)NCCc1cc(C)cc(C)c1.I. The van der Waals surface area contributed by atoms with Crippen molar-refractivity contribution in [2.24, 2.45) is 4.99 Å². The summed E-state index contributed by atoms with van der Waals surface area (Å²) in [5, 5.41) is 6.74. The van der Waals surface area contributed by atoms with Crippen molar-refractivity contribution < 1.29 is 0 Å². The van der Waals surface area contributed by atoms with Crippen LogP contribution in [0.15, 0.2) is 60.2 Å². The van der Waals surface area contributed by atoms with Crippen LogP contribution in [0.25, 0.3) is 5.82 Å². The molecule has 0 atom stereocenters. The number of hydrogen-bond donors (Lipinski definition) is 2. The van der Waals surface area contributed by atoms with Crippen LogP contribution in [0.5, 0.6) is 0 Å². The Balaban J connectivity index is 0.00000300. The molecular formula is C22H29IN6. The number of hydrogen-bond acceptors (Lipinski definition) is 3. The molecule has 0 saturated carbocycles. The number of aliphatic imine (C=N–C) groups is 1. The van der Waals surface area contributed by atoms with Gasteiger partial charge in [-0.3, -0.25) is 4.57 Å². The standard InChI is InChI=1S/C22H28N6.HI/c1-4-24-22(26-8-5-19-12-17(2)11-18(3)13-19)27-15-20-6-7-25-21(14-20)28-10-9-23-16-28;/h6-7,9-14,16H,4-5,8,15H2,1-3H3,(H2,24,26,27);1H. The van der Waals surface area contributed by atoms with Crippen LogP contribution in [0.4, 0.5) is 0 Å². The summed E-state index contributed by atoms with van der Waals surface area (Å²) in [5.74, 6) is 1.67. The first-order valence-electron chi connectivity index (χ1n) is 9.66.